The average molecular weight is 440 g/mol. The number of carbonyl (C=O) groups is 3. The van der Waals surface area contributed by atoms with Crippen molar-refractivity contribution < 1.29 is 37.8 Å². The van der Waals surface area contributed by atoms with E-state index in [1.165, 1.54) is 18.2 Å². The van der Waals surface area contributed by atoms with Gasteiger partial charge in [-0.1, -0.05) is 19.9 Å². The largest absolute Gasteiger partial charge is 0.504 e. The molecule has 0 radical (unpaired) electrons. The van der Waals surface area contributed by atoms with E-state index < -0.39 is 46.1 Å². The standard InChI is InChI=1S/C21H23F3N2O5/c1-11(27)25-20(21(22,23)24)17-13(9-19(2,3)10-16(17)30)26(18(20)31)7-6-12-4-5-14(28)15(29)8-12/h4-5,8,28-29H,6-7,9-10H2,1-3H3,(H,25,27). The second kappa shape index (κ2) is 7.28. The van der Waals surface area contributed by atoms with Crippen LogP contribution in [0, 0.1) is 5.41 Å². The molecule has 0 fully saturated rings. The number of alkyl halides is 3. The molecule has 31 heavy (non-hydrogen) atoms. The minimum absolute atomic E-state index is 0.0414. The maximum atomic E-state index is 14.3. The number of phenolic OH excluding ortho intramolecular Hbond substituents is 2. The van der Waals surface area contributed by atoms with E-state index in [4.69, 9.17) is 0 Å². The van der Waals surface area contributed by atoms with Gasteiger partial charge in [-0.25, -0.2) is 0 Å². The van der Waals surface area contributed by atoms with Crippen LogP contribution in [-0.4, -0.2) is 51.0 Å². The Hall–Kier alpha value is -3.04. The third kappa shape index (κ3) is 3.75. The first kappa shape index (κ1) is 22.6. The van der Waals surface area contributed by atoms with Crippen LogP contribution in [0.15, 0.2) is 29.5 Å². The number of hydrogen-bond acceptors (Lipinski definition) is 5. The number of halogens is 3. The van der Waals surface area contributed by atoms with Crippen LogP contribution in [0.2, 0.25) is 0 Å². The maximum absolute atomic E-state index is 14.3. The predicted octanol–water partition coefficient (Wildman–Crippen LogP) is 2.56. The van der Waals surface area contributed by atoms with Crippen molar-refractivity contribution in [2.75, 3.05) is 6.54 Å². The number of benzene rings is 1. The molecular weight excluding hydrogens is 417 g/mol. The Kier molecular flexibility index (Phi) is 5.32. The van der Waals surface area contributed by atoms with Crippen molar-refractivity contribution >= 4 is 17.6 Å². The van der Waals surface area contributed by atoms with Gasteiger partial charge in [0.05, 0.1) is 5.57 Å². The average Bonchev–Trinajstić information content (AvgIpc) is 2.83. The van der Waals surface area contributed by atoms with Crippen molar-refractivity contribution in [3.63, 3.8) is 0 Å². The lowest BCUT2D eigenvalue weighted by molar-refractivity contribution is -0.194. The summed E-state index contributed by atoms with van der Waals surface area (Å²) in [5.74, 6) is -4.08. The zero-order chi connectivity index (χ0) is 23.4. The molecule has 3 rings (SSSR count). The quantitative estimate of drug-likeness (QED) is 0.624. The summed E-state index contributed by atoms with van der Waals surface area (Å²) in [5.41, 5.74) is -4.37. The fourth-order valence-corrected chi connectivity index (χ4v) is 4.29. The van der Waals surface area contributed by atoms with Gasteiger partial charge in [-0.3, -0.25) is 14.4 Å². The molecule has 0 bridgehead atoms. The zero-order valence-corrected chi connectivity index (χ0v) is 17.3. The van der Waals surface area contributed by atoms with Crippen LogP contribution in [-0.2, 0) is 20.8 Å². The highest BCUT2D eigenvalue weighted by atomic mass is 19.4. The molecule has 1 aliphatic heterocycles. The Morgan fingerprint density at radius 3 is 2.35 bits per heavy atom. The molecule has 7 nitrogen and oxygen atoms in total. The highest BCUT2D eigenvalue weighted by Gasteiger charge is 2.71. The molecule has 168 valence electrons. The highest BCUT2D eigenvalue weighted by molar-refractivity contribution is 6.13. The molecule has 0 aromatic heterocycles. The van der Waals surface area contributed by atoms with Gasteiger partial charge < -0.3 is 20.4 Å². The van der Waals surface area contributed by atoms with Crippen LogP contribution in [0.3, 0.4) is 0 Å². The monoisotopic (exact) mass is 440 g/mol. The first-order chi connectivity index (χ1) is 14.2. The molecule has 1 heterocycles. The Morgan fingerprint density at radius 1 is 1.16 bits per heavy atom. The lowest BCUT2D eigenvalue weighted by Crippen LogP contribution is -2.66. The van der Waals surface area contributed by atoms with Crippen LogP contribution in [0.1, 0.15) is 39.2 Å². The van der Waals surface area contributed by atoms with Crippen molar-refractivity contribution in [1.29, 1.82) is 0 Å². The molecule has 10 heteroatoms. The minimum Gasteiger partial charge on any atom is -0.504 e. The molecule has 1 aromatic carbocycles. The summed E-state index contributed by atoms with van der Waals surface area (Å²) >= 11 is 0. The van der Waals surface area contributed by atoms with Gasteiger partial charge in [-0.15, -0.1) is 0 Å². The number of Topliss-reactive ketones (excluding diaryl/α,β-unsaturated/α-hetero) is 1. The van der Waals surface area contributed by atoms with Crippen LogP contribution in [0.25, 0.3) is 0 Å². The number of nitrogens with one attached hydrogen (secondary N) is 1. The van der Waals surface area contributed by atoms with E-state index in [-0.39, 0.29) is 37.3 Å². The van der Waals surface area contributed by atoms with Crippen molar-refractivity contribution in [2.45, 2.75) is 51.7 Å². The summed E-state index contributed by atoms with van der Waals surface area (Å²) in [6, 6.07) is 3.93. The second-order valence-electron chi connectivity index (χ2n) is 8.72. The fraction of sp³-hybridized carbons (Fsp3) is 0.476. The lowest BCUT2D eigenvalue weighted by Gasteiger charge is -2.35. The van der Waals surface area contributed by atoms with Crippen LogP contribution in [0.5, 0.6) is 11.5 Å². The smallest absolute Gasteiger partial charge is 0.425 e. The third-order valence-electron chi connectivity index (χ3n) is 5.57. The molecule has 0 saturated carbocycles. The predicted molar refractivity (Wildman–Crippen MR) is 103 cm³/mol. The van der Waals surface area contributed by atoms with Gasteiger partial charge in [0.1, 0.15) is 0 Å². The van der Waals surface area contributed by atoms with E-state index in [0.29, 0.717) is 5.56 Å². The number of allylic oxidation sites excluding steroid dienone is 1. The summed E-state index contributed by atoms with van der Waals surface area (Å²) in [4.78, 5) is 38.6. The number of phenols is 2. The number of nitrogens with zero attached hydrogens (tertiary/aromatic N) is 1. The summed E-state index contributed by atoms with van der Waals surface area (Å²) in [6.45, 7) is 4.10. The minimum atomic E-state index is -5.22. The van der Waals surface area contributed by atoms with E-state index in [1.807, 2.05) is 0 Å². The van der Waals surface area contributed by atoms with Crippen molar-refractivity contribution in [3.8, 4) is 11.5 Å². The maximum Gasteiger partial charge on any atom is 0.425 e. The van der Waals surface area contributed by atoms with Gasteiger partial charge in [-0.2, -0.15) is 13.2 Å². The number of aromatic hydroxyl groups is 2. The highest BCUT2D eigenvalue weighted by Crippen LogP contribution is 2.51. The topological polar surface area (TPSA) is 107 Å². The summed E-state index contributed by atoms with van der Waals surface area (Å²) in [6.07, 6.45) is -5.30. The van der Waals surface area contributed by atoms with E-state index in [9.17, 15) is 37.8 Å². The molecular formula is C21H23F3N2O5. The second-order valence-corrected chi connectivity index (χ2v) is 8.72. The van der Waals surface area contributed by atoms with Crippen molar-refractivity contribution in [2.24, 2.45) is 5.41 Å². The van der Waals surface area contributed by atoms with Gasteiger partial charge >= 0.3 is 6.18 Å². The van der Waals surface area contributed by atoms with Crippen LogP contribution in [0.4, 0.5) is 13.2 Å². The zero-order valence-electron chi connectivity index (χ0n) is 17.3. The van der Waals surface area contributed by atoms with Gasteiger partial charge in [-0.05, 0) is 36.0 Å². The molecule has 2 aliphatic rings. The van der Waals surface area contributed by atoms with E-state index >= 15 is 0 Å². The molecule has 1 atom stereocenters. The molecule has 2 amide bonds. The lowest BCUT2D eigenvalue weighted by atomic mass is 9.72. The Bertz CT molecular complexity index is 999. The number of hydrogen-bond donors (Lipinski definition) is 3. The number of amides is 2. The first-order valence-corrected chi connectivity index (χ1v) is 9.65. The summed E-state index contributed by atoms with van der Waals surface area (Å²) < 4.78 is 42.9. The van der Waals surface area contributed by atoms with E-state index in [0.717, 1.165) is 11.8 Å². The van der Waals surface area contributed by atoms with Crippen LogP contribution < -0.4 is 5.32 Å². The Labute approximate surface area is 176 Å². The summed E-state index contributed by atoms with van der Waals surface area (Å²) in [5, 5.41) is 20.8. The molecule has 1 aliphatic carbocycles. The molecule has 1 unspecified atom stereocenters. The van der Waals surface area contributed by atoms with Crippen molar-refractivity contribution in [3.05, 3.63) is 35.0 Å². The van der Waals surface area contributed by atoms with Gasteiger partial charge in [0.2, 0.25) is 11.4 Å². The molecule has 0 saturated heterocycles. The van der Waals surface area contributed by atoms with Gasteiger partial charge in [0.25, 0.3) is 5.91 Å². The SMILES string of the molecule is CC(=O)NC1(C(F)(F)F)C(=O)N(CCc2ccc(O)c(O)c2)C2=C1C(=O)CC(C)(C)C2. The van der Waals surface area contributed by atoms with E-state index in [2.05, 4.69) is 0 Å². The Morgan fingerprint density at radius 2 is 1.81 bits per heavy atom. The van der Waals surface area contributed by atoms with E-state index in [1.54, 1.807) is 19.2 Å². The number of rotatable bonds is 4. The molecule has 0 spiro atoms. The molecule has 1 aromatic rings. The molecule has 3 N–H and O–H groups in total. The normalized spacial score (nSPS) is 23.2. The van der Waals surface area contributed by atoms with Gasteiger partial charge in [0, 0.05) is 25.6 Å². The summed E-state index contributed by atoms with van der Waals surface area (Å²) in [7, 11) is 0. The Balaban J connectivity index is 2.09. The van der Waals surface area contributed by atoms with Gasteiger partial charge in [0.15, 0.2) is 17.3 Å². The van der Waals surface area contributed by atoms with Crippen LogP contribution >= 0.6 is 0 Å². The third-order valence-corrected chi connectivity index (χ3v) is 5.57. The number of carbonyl (C=O) groups excluding carboxylic acids is 3. The first-order valence-electron chi connectivity index (χ1n) is 9.65. The number of ketones is 1. The van der Waals surface area contributed by atoms with Crippen molar-refractivity contribution in [1.82, 2.24) is 10.2 Å². The fourth-order valence-electron chi connectivity index (χ4n) is 4.29.